The minimum atomic E-state index is -3.51. The fourth-order valence-corrected chi connectivity index (χ4v) is 4.50. The summed E-state index contributed by atoms with van der Waals surface area (Å²) in [5, 5.41) is 0. The first-order valence-corrected chi connectivity index (χ1v) is 11.6. The van der Waals surface area contributed by atoms with E-state index in [0.717, 1.165) is 16.7 Å². The van der Waals surface area contributed by atoms with Crippen molar-refractivity contribution in [3.63, 3.8) is 0 Å². The number of sulfonamides is 1. The summed E-state index contributed by atoms with van der Waals surface area (Å²) in [7, 11) is -3.51. The van der Waals surface area contributed by atoms with Crippen molar-refractivity contribution in [2.75, 3.05) is 25.4 Å². The molecule has 2 aromatic rings. The maximum Gasteiger partial charge on any atom is 0.214 e. The third kappa shape index (κ3) is 11.2. The number of rotatable bonds is 12. The van der Waals surface area contributed by atoms with Crippen LogP contribution in [0.4, 0.5) is 0 Å². The Labute approximate surface area is 208 Å². The molecule has 0 aromatic heterocycles. The standard InChI is InChI=1S/C21H31N7O2S.2ClH/c22-20(23)26-12-4-14-28(31(29,30)15-5-13-27-21(24)25)16-17-8-10-19(11-9-17)18-6-2-1-3-7-18;;/h1-3,6-11H,4-5,12-16H2,(H4,22,23,26)(H4,24,25,27);2*1H. The smallest absolute Gasteiger partial charge is 0.214 e. The molecule has 2 aromatic carbocycles. The van der Waals surface area contributed by atoms with Crippen LogP contribution >= 0.6 is 24.8 Å². The predicted molar refractivity (Wildman–Crippen MR) is 141 cm³/mol. The van der Waals surface area contributed by atoms with Crippen molar-refractivity contribution in [2.24, 2.45) is 32.9 Å². The zero-order valence-electron chi connectivity index (χ0n) is 18.3. The Morgan fingerprint density at radius 2 is 1.27 bits per heavy atom. The maximum absolute atomic E-state index is 12.9. The van der Waals surface area contributed by atoms with Gasteiger partial charge in [-0.25, -0.2) is 8.42 Å². The van der Waals surface area contributed by atoms with Crippen molar-refractivity contribution >= 4 is 46.8 Å². The van der Waals surface area contributed by atoms with Crippen molar-refractivity contribution in [3.8, 4) is 11.1 Å². The number of aliphatic imine (C=N–C) groups is 2. The van der Waals surface area contributed by atoms with Crippen molar-refractivity contribution in [1.29, 1.82) is 0 Å². The van der Waals surface area contributed by atoms with Crippen LogP contribution in [-0.2, 0) is 16.6 Å². The van der Waals surface area contributed by atoms with Gasteiger partial charge in [-0.3, -0.25) is 9.98 Å². The van der Waals surface area contributed by atoms with E-state index < -0.39 is 10.0 Å². The molecule has 0 amide bonds. The van der Waals surface area contributed by atoms with Crippen LogP contribution < -0.4 is 22.9 Å². The lowest BCUT2D eigenvalue weighted by Gasteiger charge is -2.22. The molecule has 0 saturated carbocycles. The van der Waals surface area contributed by atoms with Crippen LogP contribution in [-0.4, -0.2) is 50.0 Å². The first kappa shape index (κ1) is 30.5. The third-order valence-corrected chi connectivity index (χ3v) is 6.43. The molecule has 2 rings (SSSR count). The number of nitrogens with zero attached hydrogens (tertiary/aromatic N) is 3. The Bertz CT molecular complexity index is 977. The van der Waals surface area contributed by atoms with E-state index in [0.29, 0.717) is 25.9 Å². The van der Waals surface area contributed by atoms with E-state index in [1.54, 1.807) is 0 Å². The second-order valence-corrected chi connectivity index (χ2v) is 9.12. The molecule has 0 aliphatic rings. The molecule has 0 atom stereocenters. The van der Waals surface area contributed by atoms with Gasteiger partial charge in [-0.15, -0.1) is 24.8 Å². The SMILES string of the molecule is Cl.Cl.NC(N)=NCCCN(Cc1ccc(-c2ccccc2)cc1)S(=O)(=O)CCCN=C(N)N. The number of guanidine groups is 2. The van der Waals surface area contributed by atoms with Crippen LogP contribution in [0.1, 0.15) is 18.4 Å². The summed E-state index contributed by atoms with van der Waals surface area (Å²) in [6.45, 7) is 1.19. The van der Waals surface area contributed by atoms with Gasteiger partial charge >= 0.3 is 0 Å². The molecule has 0 unspecified atom stereocenters. The molecule has 33 heavy (non-hydrogen) atoms. The molecule has 0 radical (unpaired) electrons. The molecule has 12 heteroatoms. The monoisotopic (exact) mass is 517 g/mol. The first-order chi connectivity index (χ1) is 14.8. The number of halogens is 2. The molecular formula is C21H33Cl2N7O2S. The average Bonchev–Trinajstić information content (AvgIpc) is 2.74. The van der Waals surface area contributed by atoms with E-state index in [1.165, 1.54) is 4.31 Å². The lowest BCUT2D eigenvalue weighted by molar-refractivity contribution is 0.401. The van der Waals surface area contributed by atoms with E-state index in [4.69, 9.17) is 22.9 Å². The zero-order valence-corrected chi connectivity index (χ0v) is 20.8. The molecule has 8 N–H and O–H groups in total. The van der Waals surface area contributed by atoms with Gasteiger partial charge in [0.05, 0.1) is 5.75 Å². The van der Waals surface area contributed by atoms with Gasteiger partial charge in [0.15, 0.2) is 11.9 Å². The van der Waals surface area contributed by atoms with Gasteiger partial charge < -0.3 is 22.9 Å². The summed E-state index contributed by atoms with van der Waals surface area (Å²) in [5.41, 5.74) is 24.4. The van der Waals surface area contributed by atoms with Crippen molar-refractivity contribution < 1.29 is 8.42 Å². The molecule has 0 aliphatic heterocycles. The van der Waals surface area contributed by atoms with Gasteiger partial charge in [-0.05, 0) is 29.5 Å². The summed E-state index contributed by atoms with van der Waals surface area (Å²) >= 11 is 0. The Morgan fingerprint density at radius 1 is 0.758 bits per heavy atom. The van der Waals surface area contributed by atoms with E-state index in [9.17, 15) is 8.42 Å². The minimum absolute atomic E-state index is 0. The van der Waals surface area contributed by atoms with Crippen LogP contribution in [0.5, 0.6) is 0 Å². The summed E-state index contributed by atoms with van der Waals surface area (Å²) < 4.78 is 27.3. The van der Waals surface area contributed by atoms with Gasteiger partial charge in [-0.1, -0.05) is 54.6 Å². The van der Waals surface area contributed by atoms with Gasteiger partial charge in [0.25, 0.3) is 0 Å². The largest absolute Gasteiger partial charge is 0.370 e. The molecule has 0 aliphatic carbocycles. The first-order valence-electron chi connectivity index (χ1n) is 10.0. The quantitative estimate of drug-likeness (QED) is 0.189. The van der Waals surface area contributed by atoms with E-state index in [1.807, 2.05) is 54.6 Å². The molecule has 0 bridgehead atoms. The lowest BCUT2D eigenvalue weighted by atomic mass is 10.0. The maximum atomic E-state index is 12.9. The second kappa shape index (κ2) is 15.3. The fraction of sp³-hybridized carbons (Fsp3) is 0.333. The molecule has 0 saturated heterocycles. The third-order valence-electron chi connectivity index (χ3n) is 4.53. The average molecular weight is 519 g/mol. The Morgan fingerprint density at radius 3 is 1.82 bits per heavy atom. The zero-order chi connectivity index (χ0) is 22.7. The highest BCUT2D eigenvalue weighted by molar-refractivity contribution is 7.89. The van der Waals surface area contributed by atoms with E-state index in [2.05, 4.69) is 9.98 Å². The Kier molecular flexibility index (Phi) is 14.2. The van der Waals surface area contributed by atoms with Gasteiger partial charge in [0.2, 0.25) is 10.0 Å². The molecule has 0 fully saturated rings. The highest BCUT2D eigenvalue weighted by Crippen LogP contribution is 2.20. The lowest BCUT2D eigenvalue weighted by Crippen LogP contribution is -2.34. The highest BCUT2D eigenvalue weighted by Gasteiger charge is 2.21. The molecular weight excluding hydrogens is 485 g/mol. The van der Waals surface area contributed by atoms with Crippen LogP contribution in [0.2, 0.25) is 0 Å². The fourth-order valence-electron chi connectivity index (χ4n) is 2.99. The van der Waals surface area contributed by atoms with Crippen LogP contribution in [0, 0.1) is 0 Å². The number of benzene rings is 2. The predicted octanol–water partition coefficient (Wildman–Crippen LogP) is 1.66. The van der Waals surface area contributed by atoms with E-state index >= 15 is 0 Å². The molecule has 0 spiro atoms. The van der Waals surface area contributed by atoms with Crippen LogP contribution in [0.15, 0.2) is 64.6 Å². The molecule has 184 valence electrons. The Balaban J connectivity index is 0.00000512. The summed E-state index contributed by atoms with van der Waals surface area (Å²) in [6.07, 6.45) is 0.838. The highest BCUT2D eigenvalue weighted by atomic mass is 35.5. The van der Waals surface area contributed by atoms with Crippen molar-refractivity contribution in [2.45, 2.75) is 19.4 Å². The van der Waals surface area contributed by atoms with Crippen LogP contribution in [0.25, 0.3) is 11.1 Å². The summed E-state index contributed by atoms with van der Waals surface area (Å²) in [6, 6.07) is 17.9. The topological polar surface area (TPSA) is 166 Å². The molecule has 9 nitrogen and oxygen atoms in total. The van der Waals surface area contributed by atoms with E-state index in [-0.39, 0.29) is 55.6 Å². The number of hydrogen-bond donors (Lipinski definition) is 4. The summed E-state index contributed by atoms with van der Waals surface area (Å²) in [4.78, 5) is 7.78. The van der Waals surface area contributed by atoms with Crippen molar-refractivity contribution in [1.82, 2.24) is 4.31 Å². The summed E-state index contributed by atoms with van der Waals surface area (Å²) in [5.74, 6) is -0.109. The van der Waals surface area contributed by atoms with Crippen LogP contribution in [0.3, 0.4) is 0 Å². The molecule has 0 heterocycles. The number of hydrogen-bond acceptors (Lipinski definition) is 4. The van der Waals surface area contributed by atoms with Gasteiger partial charge in [0, 0.05) is 26.2 Å². The Hall–Kier alpha value is -2.53. The second-order valence-electron chi connectivity index (χ2n) is 7.03. The van der Waals surface area contributed by atoms with Gasteiger partial charge in [0.1, 0.15) is 0 Å². The minimum Gasteiger partial charge on any atom is -0.370 e. The normalized spacial score (nSPS) is 10.6. The number of nitrogens with two attached hydrogens (primary N) is 4. The van der Waals surface area contributed by atoms with Crippen molar-refractivity contribution in [3.05, 3.63) is 60.2 Å². The van der Waals surface area contributed by atoms with Gasteiger partial charge in [-0.2, -0.15) is 4.31 Å².